The number of thiophene rings is 1. The molecule has 1 unspecified atom stereocenters. The Morgan fingerprint density at radius 2 is 2.21 bits per heavy atom. The summed E-state index contributed by atoms with van der Waals surface area (Å²) in [6.07, 6.45) is 3.80. The van der Waals surface area contributed by atoms with E-state index in [4.69, 9.17) is 5.73 Å². The molecule has 5 nitrogen and oxygen atoms in total. The average Bonchev–Trinajstić information content (AvgIpc) is 2.93. The monoisotopic (exact) mass is 279 g/mol. The van der Waals surface area contributed by atoms with Gasteiger partial charge in [-0.15, -0.1) is 11.3 Å². The predicted octanol–water partition coefficient (Wildman–Crippen LogP) is 0.977. The number of aromatic amines is 1. The Kier molecular flexibility index (Phi) is 3.06. The quantitative estimate of drug-likeness (QED) is 0.878. The molecule has 3 rings (SSSR count). The van der Waals surface area contributed by atoms with Gasteiger partial charge in [0.1, 0.15) is 4.83 Å². The van der Waals surface area contributed by atoms with Gasteiger partial charge < -0.3 is 5.73 Å². The van der Waals surface area contributed by atoms with E-state index in [0.29, 0.717) is 5.39 Å². The lowest BCUT2D eigenvalue weighted by Gasteiger charge is -2.10. The van der Waals surface area contributed by atoms with Crippen LogP contribution in [0, 0.1) is 0 Å². The average molecular weight is 279 g/mol. The SMILES string of the molecule is CCC(N)Cn1c(=O)[nH]c2sc3c(c2c1=O)CCC3. The van der Waals surface area contributed by atoms with Gasteiger partial charge in [0.15, 0.2) is 0 Å². The number of hydrogen-bond donors (Lipinski definition) is 2. The lowest BCUT2D eigenvalue weighted by Crippen LogP contribution is -2.40. The van der Waals surface area contributed by atoms with Gasteiger partial charge in [0.2, 0.25) is 0 Å². The summed E-state index contributed by atoms with van der Waals surface area (Å²) < 4.78 is 1.25. The number of hydrogen-bond acceptors (Lipinski definition) is 4. The van der Waals surface area contributed by atoms with Crippen molar-refractivity contribution in [3.8, 4) is 0 Å². The van der Waals surface area contributed by atoms with Crippen LogP contribution in [-0.2, 0) is 19.4 Å². The number of fused-ring (bicyclic) bond motifs is 3. The second-order valence-electron chi connectivity index (χ2n) is 5.08. The highest BCUT2D eigenvalue weighted by Gasteiger charge is 2.22. The Labute approximate surface area is 114 Å². The van der Waals surface area contributed by atoms with Crippen molar-refractivity contribution >= 4 is 21.6 Å². The Morgan fingerprint density at radius 3 is 2.95 bits per heavy atom. The summed E-state index contributed by atoms with van der Waals surface area (Å²) in [7, 11) is 0. The summed E-state index contributed by atoms with van der Waals surface area (Å²) in [5.41, 5.74) is 6.48. The molecule has 1 aliphatic carbocycles. The van der Waals surface area contributed by atoms with Gasteiger partial charge in [-0.25, -0.2) is 4.79 Å². The van der Waals surface area contributed by atoms with E-state index in [0.717, 1.165) is 36.1 Å². The molecule has 1 aliphatic rings. The molecule has 2 aromatic heterocycles. The Bertz CT molecular complexity index is 741. The van der Waals surface area contributed by atoms with Crippen molar-refractivity contribution < 1.29 is 0 Å². The van der Waals surface area contributed by atoms with Crippen LogP contribution in [0.4, 0.5) is 0 Å². The molecule has 0 saturated carbocycles. The molecule has 102 valence electrons. The summed E-state index contributed by atoms with van der Waals surface area (Å²) in [6.45, 7) is 2.23. The van der Waals surface area contributed by atoms with Crippen LogP contribution in [0.15, 0.2) is 9.59 Å². The van der Waals surface area contributed by atoms with Crippen LogP contribution in [0.2, 0.25) is 0 Å². The summed E-state index contributed by atoms with van der Waals surface area (Å²) >= 11 is 1.55. The third-order valence-corrected chi connectivity index (χ3v) is 4.99. The van der Waals surface area contributed by atoms with Crippen molar-refractivity contribution in [1.29, 1.82) is 0 Å². The van der Waals surface area contributed by atoms with Crippen LogP contribution >= 0.6 is 11.3 Å². The van der Waals surface area contributed by atoms with Crippen LogP contribution in [-0.4, -0.2) is 15.6 Å². The van der Waals surface area contributed by atoms with Gasteiger partial charge in [0.25, 0.3) is 5.56 Å². The highest BCUT2D eigenvalue weighted by Crippen LogP contribution is 2.33. The highest BCUT2D eigenvalue weighted by molar-refractivity contribution is 7.18. The van der Waals surface area contributed by atoms with E-state index in [1.807, 2.05) is 6.92 Å². The molecule has 2 aromatic rings. The minimum atomic E-state index is -0.346. The van der Waals surface area contributed by atoms with Crippen LogP contribution < -0.4 is 17.0 Å². The summed E-state index contributed by atoms with van der Waals surface area (Å²) in [6, 6.07) is -0.164. The number of nitrogens with one attached hydrogen (secondary N) is 1. The molecule has 1 atom stereocenters. The van der Waals surface area contributed by atoms with E-state index in [1.54, 1.807) is 11.3 Å². The molecular formula is C13H17N3O2S. The molecule has 0 amide bonds. The highest BCUT2D eigenvalue weighted by atomic mass is 32.1. The van der Waals surface area contributed by atoms with Gasteiger partial charge in [0, 0.05) is 17.5 Å². The van der Waals surface area contributed by atoms with Crippen molar-refractivity contribution in [1.82, 2.24) is 9.55 Å². The number of aromatic nitrogens is 2. The fourth-order valence-corrected chi connectivity index (χ4v) is 3.91. The lowest BCUT2D eigenvalue weighted by atomic mass is 10.2. The van der Waals surface area contributed by atoms with Crippen molar-refractivity contribution in [2.45, 2.75) is 45.2 Å². The molecule has 0 spiro atoms. The number of nitrogens with two attached hydrogens (primary N) is 1. The molecule has 3 N–H and O–H groups in total. The van der Waals surface area contributed by atoms with Gasteiger partial charge in [0.05, 0.1) is 5.39 Å². The van der Waals surface area contributed by atoms with Crippen LogP contribution in [0.3, 0.4) is 0 Å². The van der Waals surface area contributed by atoms with Crippen molar-refractivity contribution in [2.24, 2.45) is 5.73 Å². The van der Waals surface area contributed by atoms with Crippen LogP contribution in [0.1, 0.15) is 30.2 Å². The first-order valence-corrected chi connectivity index (χ1v) is 7.46. The van der Waals surface area contributed by atoms with Gasteiger partial charge >= 0.3 is 5.69 Å². The fourth-order valence-electron chi connectivity index (χ4n) is 2.64. The maximum atomic E-state index is 12.5. The smallest absolute Gasteiger partial charge is 0.326 e. The molecule has 19 heavy (non-hydrogen) atoms. The summed E-state index contributed by atoms with van der Waals surface area (Å²) in [4.78, 5) is 29.3. The van der Waals surface area contributed by atoms with Crippen LogP contribution in [0.25, 0.3) is 10.2 Å². The van der Waals surface area contributed by atoms with E-state index in [9.17, 15) is 9.59 Å². The Morgan fingerprint density at radius 1 is 1.42 bits per heavy atom. The second-order valence-corrected chi connectivity index (χ2v) is 6.18. The second kappa shape index (κ2) is 4.61. The van der Waals surface area contributed by atoms with Crippen molar-refractivity contribution in [3.63, 3.8) is 0 Å². The van der Waals surface area contributed by atoms with Gasteiger partial charge in [-0.1, -0.05) is 6.92 Å². The van der Waals surface area contributed by atoms with Crippen molar-refractivity contribution in [2.75, 3.05) is 0 Å². The summed E-state index contributed by atoms with van der Waals surface area (Å²) in [5, 5.41) is 0.709. The maximum absolute atomic E-state index is 12.5. The molecule has 0 aromatic carbocycles. The lowest BCUT2D eigenvalue weighted by molar-refractivity contribution is 0.513. The molecule has 0 saturated heterocycles. The fraction of sp³-hybridized carbons (Fsp3) is 0.538. The maximum Gasteiger partial charge on any atom is 0.329 e. The van der Waals surface area contributed by atoms with Crippen molar-refractivity contribution in [3.05, 3.63) is 31.3 Å². The zero-order chi connectivity index (χ0) is 13.6. The minimum absolute atomic E-state index is 0.164. The minimum Gasteiger partial charge on any atom is -0.326 e. The Balaban J connectivity index is 2.23. The standard InChI is InChI=1S/C13H17N3O2S/c1-2-7(14)6-16-12(17)10-8-4-3-5-9(8)19-11(10)15-13(16)18/h7H,2-6,14H2,1H3,(H,15,18). The first-order valence-electron chi connectivity index (χ1n) is 6.64. The molecule has 6 heteroatoms. The zero-order valence-corrected chi connectivity index (χ0v) is 11.7. The first-order chi connectivity index (χ1) is 9.11. The van der Waals surface area contributed by atoms with E-state index < -0.39 is 0 Å². The topological polar surface area (TPSA) is 80.9 Å². The number of rotatable bonds is 3. The van der Waals surface area contributed by atoms with Gasteiger partial charge in [-0.05, 0) is 31.2 Å². The molecule has 0 radical (unpaired) electrons. The largest absolute Gasteiger partial charge is 0.329 e. The first kappa shape index (κ1) is 12.6. The van der Waals surface area contributed by atoms with Gasteiger partial charge in [-0.2, -0.15) is 0 Å². The molecule has 0 fully saturated rings. The number of aryl methyl sites for hydroxylation is 2. The normalized spacial score (nSPS) is 15.9. The zero-order valence-electron chi connectivity index (χ0n) is 10.9. The molecule has 0 bridgehead atoms. The Hall–Kier alpha value is -1.40. The van der Waals surface area contributed by atoms with E-state index in [1.165, 1.54) is 9.44 Å². The van der Waals surface area contributed by atoms with E-state index in [2.05, 4.69) is 4.98 Å². The summed E-state index contributed by atoms with van der Waals surface area (Å²) in [5.74, 6) is 0. The molecular weight excluding hydrogens is 262 g/mol. The van der Waals surface area contributed by atoms with E-state index in [-0.39, 0.29) is 23.8 Å². The third kappa shape index (κ3) is 1.95. The van der Waals surface area contributed by atoms with Gasteiger partial charge in [-0.3, -0.25) is 14.3 Å². The third-order valence-electron chi connectivity index (χ3n) is 3.79. The van der Waals surface area contributed by atoms with E-state index >= 15 is 0 Å². The molecule has 0 aliphatic heterocycles. The number of H-pyrrole nitrogens is 1. The number of nitrogens with zero attached hydrogens (tertiary/aromatic N) is 1. The molecule has 2 heterocycles. The predicted molar refractivity (Wildman–Crippen MR) is 77.0 cm³/mol. The van der Waals surface area contributed by atoms with Crippen LogP contribution in [0.5, 0.6) is 0 Å².